The zero-order chi connectivity index (χ0) is 18.2. The van der Waals surface area contributed by atoms with Crippen molar-refractivity contribution < 1.29 is 17.9 Å². The molecule has 1 aliphatic rings. The van der Waals surface area contributed by atoms with Crippen LogP contribution in [0.1, 0.15) is 6.42 Å². The average molecular weight is 369 g/mol. The number of fused-ring (bicyclic) bond motifs is 1. The second kappa shape index (κ2) is 6.80. The fourth-order valence-electron chi connectivity index (χ4n) is 2.89. The van der Waals surface area contributed by atoms with Crippen LogP contribution in [-0.2, 0) is 0 Å². The van der Waals surface area contributed by atoms with Crippen molar-refractivity contribution in [2.75, 3.05) is 35.8 Å². The van der Waals surface area contributed by atoms with Crippen LogP contribution in [0.3, 0.4) is 0 Å². The van der Waals surface area contributed by atoms with Gasteiger partial charge in [0.05, 0.1) is 11.4 Å². The molecule has 0 aliphatic carbocycles. The Hall–Kier alpha value is -1.87. The lowest BCUT2D eigenvalue weighted by Crippen LogP contribution is -2.33. The van der Waals surface area contributed by atoms with Gasteiger partial charge in [-0.15, -0.1) is 0 Å². The highest BCUT2D eigenvalue weighted by Gasteiger charge is 2.42. The largest absolute Gasteiger partial charge is 0.309 e. The highest BCUT2D eigenvalue weighted by atomic mass is 32.3. The van der Waals surface area contributed by atoms with Gasteiger partial charge < -0.3 is 4.90 Å². The molecule has 8 heteroatoms. The van der Waals surface area contributed by atoms with E-state index in [0.717, 1.165) is 23.0 Å². The van der Waals surface area contributed by atoms with Crippen molar-refractivity contribution in [1.29, 1.82) is 0 Å². The van der Waals surface area contributed by atoms with Gasteiger partial charge in [-0.2, -0.15) is 0 Å². The Balaban J connectivity index is 2.01. The van der Waals surface area contributed by atoms with Crippen LogP contribution < -0.4 is 8.61 Å². The first kappa shape index (κ1) is 17.9. The van der Waals surface area contributed by atoms with Gasteiger partial charge in [-0.25, -0.2) is 13.1 Å². The molecule has 3 rings (SSSR count). The van der Waals surface area contributed by atoms with E-state index >= 15 is 0 Å². The Morgan fingerprint density at radius 2 is 1.68 bits per heavy atom. The maximum atomic E-state index is 14.3. The number of benzene rings is 2. The minimum atomic E-state index is -3.49. The molecule has 0 radical (unpaired) electrons. The zero-order valence-electron chi connectivity index (χ0n) is 14.1. The molecule has 0 bridgehead atoms. The maximum Gasteiger partial charge on any atom is 0.151 e. The van der Waals surface area contributed by atoms with Gasteiger partial charge in [0, 0.05) is 12.6 Å². The molecular weight excluding hydrogens is 348 g/mol. The summed E-state index contributed by atoms with van der Waals surface area (Å²) in [5, 5.41) is 0. The van der Waals surface area contributed by atoms with E-state index in [2.05, 4.69) is 0 Å². The molecule has 0 fully saturated rings. The van der Waals surface area contributed by atoms with Crippen LogP contribution in [0, 0.1) is 11.6 Å². The highest BCUT2D eigenvalue weighted by Crippen LogP contribution is 2.64. The summed E-state index contributed by atoms with van der Waals surface area (Å²) >= 11 is 0. The van der Waals surface area contributed by atoms with Crippen molar-refractivity contribution in [2.45, 2.75) is 6.42 Å². The Morgan fingerprint density at radius 1 is 1.00 bits per heavy atom. The van der Waals surface area contributed by atoms with E-state index in [1.807, 2.05) is 19.0 Å². The van der Waals surface area contributed by atoms with E-state index < -0.39 is 22.6 Å². The molecule has 5 nitrogen and oxygen atoms in total. The number of hydrogen-bond acceptors (Lipinski definition) is 5. The summed E-state index contributed by atoms with van der Waals surface area (Å²) in [4.78, 5) is 2.01. The molecule has 2 N–H and O–H groups in total. The van der Waals surface area contributed by atoms with Crippen LogP contribution in [0.4, 0.5) is 25.8 Å². The lowest BCUT2D eigenvalue weighted by atomic mass is 10.2. The molecule has 0 atom stereocenters. The van der Waals surface area contributed by atoms with Gasteiger partial charge in [-0.05, 0) is 62.3 Å². The molecule has 0 amide bonds. The summed E-state index contributed by atoms with van der Waals surface area (Å²) < 4.78 is 51.9. The average Bonchev–Trinajstić information content (AvgIpc) is 2.75. The Morgan fingerprint density at radius 3 is 2.32 bits per heavy atom. The second-order valence-electron chi connectivity index (χ2n) is 6.13. The molecule has 0 aromatic heterocycles. The SMILES string of the molecule is CN(C)CCCN1c2ccccc2N(c2ccc(F)cc2F)S1(O)O. The summed E-state index contributed by atoms with van der Waals surface area (Å²) in [5.41, 5.74) is 1.03. The third-order valence-corrected chi connectivity index (χ3v) is 5.86. The van der Waals surface area contributed by atoms with Crippen LogP contribution in [-0.4, -0.2) is 41.2 Å². The number of rotatable bonds is 5. The number of halogens is 2. The minimum absolute atomic E-state index is 0.0658. The van der Waals surface area contributed by atoms with Gasteiger partial charge >= 0.3 is 0 Å². The normalized spacial score (nSPS) is 17.1. The van der Waals surface area contributed by atoms with Crippen molar-refractivity contribution in [2.24, 2.45) is 0 Å². The third kappa shape index (κ3) is 3.30. The fraction of sp³-hybridized carbons (Fsp3) is 0.294. The van der Waals surface area contributed by atoms with Crippen molar-refractivity contribution in [3.8, 4) is 0 Å². The van der Waals surface area contributed by atoms with Crippen LogP contribution in [0.5, 0.6) is 0 Å². The van der Waals surface area contributed by atoms with E-state index in [0.29, 0.717) is 24.3 Å². The first-order chi connectivity index (χ1) is 11.8. The van der Waals surface area contributed by atoms with Crippen molar-refractivity contribution in [3.63, 3.8) is 0 Å². The zero-order valence-corrected chi connectivity index (χ0v) is 14.9. The Bertz CT molecular complexity index is 773. The molecule has 1 heterocycles. The molecular formula is C17H21F2N3O2S. The van der Waals surface area contributed by atoms with Crippen molar-refractivity contribution in [3.05, 3.63) is 54.1 Å². The molecule has 2 aromatic rings. The molecule has 136 valence electrons. The van der Waals surface area contributed by atoms with E-state index in [9.17, 15) is 17.9 Å². The van der Waals surface area contributed by atoms with E-state index in [1.165, 1.54) is 10.4 Å². The van der Waals surface area contributed by atoms with Gasteiger partial charge in [0.2, 0.25) is 0 Å². The smallest absolute Gasteiger partial charge is 0.151 e. The molecule has 0 spiro atoms. The van der Waals surface area contributed by atoms with Crippen LogP contribution >= 0.6 is 11.0 Å². The van der Waals surface area contributed by atoms with E-state index in [1.54, 1.807) is 24.3 Å². The van der Waals surface area contributed by atoms with Gasteiger partial charge in [0.15, 0.2) is 5.82 Å². The molecule has 1 aliphatic heterocycles. The number of hydrogen-bond donors (Lipinski definition) is 2. The third-order valence-electron chi connectivity index (χ3n) is 4.00. The predicted octanol–water partition coefficient (Wildman–Crippen LogP) is 4.46. The topological polar surface area (TPSA) is 50.2 Å². The quantitative estimate of drug-likeness (QED) is 0.815. The number of anilines is 3. The first-order valence-electron chi connectivity index (χ1n) is 7.87. The van der Waals surface area contributed by atoms with Crippen LogP contribution in [0.2, 0.25) is 0 Å². The number of para-hydroxylation sites is 2. The molecule has 25 heavy (non-hydrogen) atoms. The molecule has 0 saturated carbocycles. The summed E-state index contributed by atoms with van der Waals surface area (Å²) in [6, 6.07) is 10.1. The molecule has 2 aromatic carbocycles. The van der Waals surface area contributed by atoms with Gasteiger partial charge in [0.25, 0.3) is 0 Å². The highest BCUT2D eigenvalue weighted by molar-refractivity contribution is 8.27. The Kier molecular flexibility index (Phi) is 4.88. The predicted molar refractivity (Wildman–Crippen MR) is 98.3 cm³/mol. The van der Waals surface area contributed by atoms with Crippen molar-refractivity contribution >= 4 is 28.0 Å². The molecule has 0 saturated heterocycles. The summed E-state index contributed by atoms with van der Waals surface area (Å²) in [7, 11) is 0.394. The summed E-state index contributed by atoms with van der Waals surface area (Å²) in [6.07, 6.45) is 0.705. The Labute approximate surface area is 147 Å². The fourth-order valence-corrected chi connectivity index (χ4v) is 4.71. The van der Waals surface area contributed by atoms with Gasteiger partial charge in [-0.3, -0.25) is 13.4 Å². The standard InChI is InChI=1S/C17H21F2N3O2S/c1-20(2)10-5-11-21-16-6-3-4-7-17(16)22(25(21,23)24)15-9-8-13(18)12-14(15)19/h3-4,6-9,12,23-24H,5,10-11H2,1-2H3. The maximum absolute atomic E-state index is 14.3. The molecule has 0 unspecified atom stereocenters. The van der Waals surface area contributed by atoms with Crippen LogP contribution in [0.15, 0.2) is 42.5 Å². The van der Waals surface area contributed by atoms with Gasteiger partial charge in [-0.1, -0.05) is 12.1 Å². The van der Waals surface area contributed by atoms with Crippen molar-refractivity contribution in [1.82, 2.24) is 4.90 Å². The summed E-state index contributed by atoms with van der Waals surface area (Å²) in [6.45, 7) is 1.18. The monoisotopic (exact) mass is 369 g/mol. The lowest BCUT2D eigenvalue weighted by molar-refractivity contribution is 0.401. The second-order valence-corrected chi connectivity index (χ2v) is 7.91. The number of nitrogens with zero attached hydrogens (tertiary/aromatic N) is 3. The van der Waals surface area contributed by atoms with Gasteiger partial charge in [0.1, 0.15) is 11.5 Å². The lowest BCUT2D eigenvalue weighted by Gasteiger charge is -2.44. The first-order valence-corrected chi connectivity index (χ1v) is 9.33. The van der Waals surface area contributed by atoms with E-state index in [-0.39, 0.29) is 5.69 Å². The van der Waals surface area contributed by atoms with E-state index in [4.69, 9.17) is 0 Å². The summed E-state index contributed by atoms with van der Waals surface area (Å²) in [5.74, 6) is -1.56. The van der Waals surface area contributed by atoms with Crippen LogP contribution in [0.25, 0.3) is 0 Å². The minimum Gasteiger partial charge on any atom is -0.309 e.